The van der Waals surface area contributed by atoms with E-state index < -0.39 is 0 Å². The van der Waals surface area contributed by atoms with Crippen molar-refractivity contribution in [2.75, 3.05) is 17.2 Å². The number of aryl methyl sites for hydroxylation is 1. The molecule has 4 aromatic rings. The second-order valence-electron chi connectivity index (χ2n) is 11.3. The highest BCUT2D eigenvalue weighted by Crippen LogP contribution is 2.31. The maximum Gasteiger partial charge on any atom is 0.274 e. The number of amides is 1. The number of aromatic amines is 1. The first-order valence-electron chi connectivity index (χ1n) is 13.4. The largest absolute Gasteiger partial charge is 0.334 e. The van der Waals surface area contributed by atoms with Crippen molar-refractivity contribution in [3.8, 4) is 11.1 Å². The molecule has 1 aliphatic heterocycles. The van der Waals surface area contributed by atoms with Gasteiger partial charge in [0.2, 0.25) is 0 Å². The second kappa shape index (κ2) is 10.5. The highest BCUT2D eigenvalue weighted by Gasteiger charge is 2.19. The van der Waals surface area contributed by atoms with Gasteiger partial charge in [-0.2, -0.15) is 5.10 Å². The van der Waals surface area contributed by atoms with Crippen LogP contribution in [0.25, 0.3) is 11.1 Å². The Morgan fingerprint density at radius 2 is 1.85 bits per heavy atom. The van der Waals surface area contributed by atoms with Crippen LogP contribution in [-0.2, 0) is 12.5 Å². The highest BCUT2D eigenvalue weighted by atomic mass is 16.1. The molecule has 2 aromatic heterocycles. The minimum atomic E-state index is -0.162. The van der Waals surface area contributed by atoms with Gasteiger partial charge in [0, 0.05) is 42.2 Å². The standard InChI is InChI=1S/C31H36N6O2/c1-19-23(8-6-9-24(19)34-29(38)20-11-13-22(14-12-20)31(2,3)4)21-16-27(30(39)37(5)18-21)33-28-17-26(35-36-28)25-10-7-15-32-25/h6,8-9,11-14,16-18,25,32H,7,10,15H2,1-5H3,(H,34,38)(H2,33,35,36). The average Bonchev–Trinajstić information content (AvgIpc) is 3.60. The molecule has 8 heteroatoms. The van der Waals surface area contributed by atoms with Gasteiger partial charge in [-0.25, -0.2) is 0 Å². The fourth-order valence-electron chi connectivity index (χ4n) is 5.02. The maximum absolute atomic E-state index is 13.0. The van der Waals surface area contributed by atoms with Crippen molar-refractivity contribution in [2.45, 2.75) is 52.0 Å². The number of aromatic nitrogens is 3. The van der Waals surface area contributed by atoms with Gasteiger partial charge in [0.25, 0.3) is 11.5 Å². The maximum atomic E-state index is 13.0. The molecule has 1 aliphatic rings. The third kappa shape index (κ3) is 5.66. The summed E-state index contributed by atoms with van der Waals surface area (Å²) in [6, 6.07) is 17.6. The fourth-order valence-corrected chi connectivity index (χ4v) is 5.02. The highest BCUT2D eigenvalue weighted by molar-refractivity contribution is 6.05. The molecular weight excluding hydrogens is 488 g/mol. The minimum absolute atomic E-state index is 0.0238. The summed E-state index contributed by atoms with van der Waals surface area (Å²) < 4.78 is 1.56. The van der Waals surface area contributed by atoms with Crippen molar-refractivity contribution in [2.24, 2.45) is 7.05 Å². The summed E-state index contributed by atoms with van der Waals surface area (Å²) >= 11 is 0. The molecular formula is C31H36N6O2. The first-order chi connectivity index (χ1) is 18.6. The molecule has 0 spiro atoms. The van der Waals surface area contributed by atoms with E-state index in [0.717, 1.165) is 47.5 Å². The Balaban J connectivity index is 1.39. The molecule has 0 saturated carbocycles. The molecule has 1 amide bonds. The van der Waals surface area contributed by atoms with Crippen LogP contribution in [0, 0.1) is 6.92 Å². The molecule has 2 aromatic carbocycles. The van der Waals surface area contributed by atoms with Crippen molar-refractivity contribution >= 4 is 23.1 Å². The summed E-state index contributed by atoms with van der Waals surface area (Å²) in [6.07, 6.45) is 4.01. The number of H-pyrrole nitrogens is 1. The van der Waals surface area contributed by atoms with E-state index in [9.17, 15) is 9.59 Å². The summed E-state index contributed by atoms with van der Waals surface area (Å²) in [7, 11) is 1.73. The number of pyridine rings is 1. The number of rotatable bonds is 6. The molecule has 5 rings (SSSR count). The fraction of sp³-hybridized carbons (Fsp3) is 0.323. The summed E-state index contributed by atoms with van der Waals surface area (Å²) in [6.45, 7) is 9.42. The average molecular weight is 525 g/mol. The smallest absolute Gasteiger partial charge is 0.274 e. The lowest BCUT2D eigenvalue weighted by Crippen LogP contribution is -2.19. The van der Waals surface area contributed by atoms with E-state index >= 15 is 0 Å². The van der Waals surface area contributed by atoms with Gasteiger partial charge in [-0.15, -0.1) is 0 Å². The van der Waals surface area contributed by atoms with Crippen LogP contribution in [0.5, 0.6) is 0 Å². The SMILES string of the molecule is Cc1c(NC(=O)c2ccc(C(C)(C)C)cc2)cccc1-c1cc(Nc2cc(C3CCCN3)[nH]n2)c(=O)n(C)c1. The summed E-state index contributed by atoms with van der Waals surface area (Å²) in [5.41, 5.74) is 6.51. The summed E-state index contributed by atoms with van der Waals surface area (Å²) in [5.74, 6) is 0.438. The van der Waals surface area contributed by atoms with Gasteiger partial charge in [-0.05, 0) is 72.7 Å². The van der Waals surface area contributed by atoms with Crippen LogP contribution in [0.2, 0.25) is 0 Å². The molecule has 1 fully saturated rings. The number of anilines is 3. The lowest BCUT2D eigenvalue weighted by molar-refractivity contribution is 0.102. The Morgan fingerprint density at radius 3 is 2.54 bits per heavy atom. The monoisotopic (exact) mass is 524 g/mol. The molecule has 0 radical (unpaired) electrons. The van der Waals surface area contributed by atoms with E-state index in [-0.39, 0.29) is 22.9 Å². The Bertz CT molecular complexity index is 1550. The van der Waals surface area contributed by atoms with Crippen LogP contribution in [0.4, 0.5) is 17.2 Å². The number of benzene rings is 2. The first-order valence-corrected chi connectivity index (χ1v) is 13.4. The lowest BCUT2D eigenvalue weighted by atomic mass is 9.86. The predicted octanol–water partition coefficient (Wildman–Crippen LogP) is 5.80. The zero-order valence-corrected chi connectivity index (χ0v) is 23.2. The minimum Gasteiger partial charge on any atom is -0.334 e. The van der Waals surface area contributed by atoms with Crippen LogP contribution >= 0.6 is 0 Å². The van der Waals surface area contributed by atoms with Gasteiger partial charge in [-0.1, -0.05) is 45.0 Å². The van der Waals surface area contributed by atoms with Gasteiger partial charge in [-0.3, -0.25) is 14.7 Å². The Labute approximate surface area is 228 Å². The summed E-state index contributed by atoms with van der Waals surface area (Å²) in [4.78, 5) is 26.0. The van der Waals surface area contributed by atoms with Gasteiger partial charge in [0.15, 0.2) is 5.82 Å². The van der Waals surface area contributed by atoms with Crippen LogP contribution in [0.15, 0.2) is 65.6 Å². The number of nitrogens with one attached hydrogen (secondary N) is 4. The molecule has 1 atom stereocenters. The van der Waals surface area contributed by atoms with E-state index in [1.165, 1.54) is 5.56 Å². The van der Waals surface area contributed by atoms with Crippen molar-refractivity contribution in [1.82, 2.24) is 20.1 Å². The molecule has 0 bridgehead atoms. The number of carbonyl (C=O) groups excluding carboxylic acids is 1. The zero-order valence-electron chi connectivity index (χ0n) is 23.2. The third-order valence-corrected chi connectivity index (χ3v) is 7.39. The molecule has 1 unspecified atom stereocenters. The zero-order chi connectivity index (χ0) is 27.7. The number of hydrogen-bond acceptors (Lipinski definition) is 5. The predicted molar refractivity (Wildman–Crippen MR) is 157 cm³/mol. The van der Waals surface area contributed by atoms with E-state index in [2.05, 4.69) is 46.9 Å². The van der Waals surface area contributed by atoms with Crippen LogP contribution in [-0.4, -0.2) is 27.2 Å². The molecule has 4 N–H and O–H groups in total. The normalized spacial score (nSPS) is 15.4. The number of nitrogens with zero attached hydrogens (tertiary/aromatic N) is 2. The number of hydrogen-bond donors (Lipinski definition) is 4. The van der Waals surface area contributed by atoms with Crippen molar-refractivity contribution in [3.05, 3.63) is 93.5 Å². The van der Waals surface area contributed by atoms with Crippen molar-refractivity contribution in [3.63, 3.8) is 0 Å². The molecule has 0 aliphatic carbocycles. The van der Waals surface area contributed by atoms with Crippen molar-refractivity contribution in [1.29, 1.82) is 0 Å². The number of carbonyl (C=O) groups is 1. The van der Waals surface area contributed by atoms with Crippen LogP contribution in [0.1, 0.15) is 66.8 Å². The first kappa shape index (κ1) is 26.4. The molecule has 3 heterocycles. The van der Waals surface area contributed by atoms with E-state index in [0.29, 0.717) is 17.1 Å². The molecule has 39 heavy (non-hydrogen) atoms. The second-order valence-corrected chi connectivity index (χ2v) is 11.3. The summed E-state index contributed by atoms with van der Waals surface area (Å²) in [5, 5.41) is 17.2. The molecule has 202 valence electrons. The third-order valence-electron chi connectivity index (χ3n) is 7.39. The van der Waals surface area contributed by atoms with E-state index in [1.807, 2.05) is 67.7 Å². The topological polar surface area (TPSA) is 104 Å². The molecule has 8 nitrogen and oxygen atoms in total. The van der Waals surface area contributed by atoms with Gasteiger partial charge in [0.05, 0.1) is 5.69 Å². The van der Waals surface area contributed by atoms with Crippen LogP contribution < -0.4 is 21.5 Å². The van der Waals surface area contributed by atoms with E-state index in [4.69, 9.17) is 0 Å². The van der Waals surface area contributed by atoms with Crippen molar-refractivity contribution < 1.29 is 4.79 Å². The lowest BCUT2D eigenvalue weighted by Gasteiger charge is -2.19. The molecule has 1 saturated heterocycles. The van der Waals surface area contributed by atoms with E-state index in [1.54, 1.807) is 11.6 Å². The Morgan fingerprint density at radius 1 is 1.08 bits per heavy atom. The van der Waals surface area contributed by atoms with Gasteiger partial charge < -0.3 is 20.5 Å². The Kier molecular flexibility index (Phi) is 7.14. The van der Waals surface area contributed by atoms with Gasteiger partial charge in [0.1, 0.15) is 5.69 Å². The van der Waals surface area contributed by atoms with Gasteiger partial charge >= 0.3 is 0 Å². The Hall–Kier alpha value is -4.17. The quantitative estimate of drug-likeness (QED) is 0.255. The van der Waals surface area contributed by atoms with Crippen LogP contribution in [0.3, 0.4) is 0 Å².